The van der Waals surface area contributed by atoms with E-state index in [0.29, 0.717) is 5.75 Å². The second-order valence-electron chi connectivity index (χ2n) is 7.51. The van der Waals surface area contributed by atoms with Crippen molar-refractivity contribution in [2.75, 3.05) is 7.11 Å². The molecule has 0 fully saturated rings. The third-order valence-corrected chi connectivity index (χ3v) is 4.85. The summed E-state index contributed by atoms with van der Waals surface area (Å²) in [5.74, 6) is 1.85. The molecule has 0 radical (unpaired) electrons. The van der Waals surface area contributed by atoms with Crippen LogP contribution < -0.4 is 9.47 Å². The Kier molecular flexibility index (Phi) is 6.57. The highest BCUT2D eigenvalue weighted by molar-refractivity contribution is 5.46. The molecule has 2 rings (SSSR count). The van der Waals surface area contributed by atoms with Gasteiger partial charge in [0.2, 0.25) is 0 Å². The van der Waals surface area contributed by atoms with Gasteiger partial charge in [0.15, 0.2) is 11.5 Å². The van der Waals surface area contributed by atoms with Crippen LogP contribution in [0.25, 0.3) is 0 Å². The molecule has 142 valence electrons. The third kappa shape index (κ3) is 4.72. The quantitative estimate of drug-likeness (QED) is 0.584. The first-order chi connectivity index (χ1) is 12.3. The van der Waals surface area contributed by atoms with E-state index in [0.717, 1.165) is 34.6 Å². The van der Waals surface area contributed by atoms with Crippen LogP contribution >= 0.6 is 0 Å². The summed E-state index contributed by atoms with van der Waals surface area (Å²) in [6.45, 7) is 10.1. The zero-order chi connectivity index (χ0) is 19.3. The summed E-state index contributed by atoms with van der Waals surface area (Å²) in [6.07, 6.45) is 4.72. The minimum atomic E-state index is -0.541. The van der Waals surface area contributed by atoms with E-state index in [1.165, 1.54) is 24.8 Å². The fraction of sp³-hybridized carbons (Fsp3) is 0.478. The summed E-state index contributed by atoms with van der Waals surface area (Å²) < 4.78 is 11.9. The lowest BCUT2D eigenvalue weighted by atomic mass is 9.93. The van der Waals surface area contributed by atoms with E-state index >= 15 is 0 Å². The Morgan fingerprint density at radius 2 is 1.62 bits per heavy atom. The number of hydrogen-bond donors (Lipinski definition) is 1. The van der Waals surface area contributed by atoms with Crippen molar-refractivity contribution in [1.29, 1.82) is 0 Å². The molecule has 0 atom stereocenters. The second-order valence-corrected chi connectivity index (χ2v) is 7.51. The van der Waals surface area contributed by atoms with Gasteiger partial charge in [-0.25, -0.2) is 0 Å². The Balaban J connectivity index is 2.25. The Morgan fingerprint density at radius 3 is 2.19 bits per heavy atom. The van der Waals surface area contributed by atoms with Crippen molar-refractivity contribution in [3.8, 4) is 17.2 Å². The monoisotopic (exact) mass is 356 g/mol. The van der Waals surface area contributed by atoms with Crippen molar-refractivity contribution in [3.63, 3.8) is 0 Å². The number of phenols is 1. The van der Waals surface area contributed by atoms with Crippen molar-refractivity contribution >= 4 is 0 Å². The fourth-order valence-electron chi connectivity index (χ4n) is 3.17. The molecule has 0 aliphatic heterocycles. The Labute approximate surface area is 158 Å². The van der Waals surface area contributed by atoms with Crippen molar-refractivity contribution in [3.05, 3.63) is 52.6 Å². The maximum atomic E-state index is 10.0. The molecule has 0 heterocycles. The highest BCUT2D eigenvalue weighted by Gasteiger charge is 2.25. The van der Waals surface area contributed by atoms with E-state index in [4.69, 9.17) is 9.47 Å². The molecular formula is C23H32O3. The first kappa shape index (κ1) is 20.2. The zero-order valence-electron chi connectivity index (χ0n) is 17.0. The predicted octanol–water partition coefficient (Wildman–Crippen LogP) is 6.06. The molecule has 2 aromatic rings. The number of hydrogen-bond acceptors (Lipinski definition) is 3. The SMILES string of the molecule is CCCCCc1ccc(OC(C)(C)c2cc(C)c(O)c(C)c2)c(OC)c1. The van der Waals surface area contributed by atoms with E-state index in [1.54, 1.807) is 7.11 Å². The van der Waals surface area contributed by atoms with Gasteiger partial charge in [-0.2, -0.15) is 0 Å². The summed E-state index contributed by atoms with van der Waals surface area (Å²) in [5, 5.41) is 10.0. The van der Waals surface area contributed by atoms with Crippen LogP contribution in [0.5, 0.6) is 17.2 Å². The zero-order valence-corrected chi connectivity index (χ0v) is 17.0. The minimum absolute atomic E-state index is 0.346. The highest BCUT2D eigenvalue weighted by atomic mass is 16.5. The van der Waals surface area contributed by atoms with Crippen LogP contribution in [-0.2, 0) is 12.0 Å². The lowest BCUT2D eigenvalue weighted by molar-refractivity contribution is 0.104. The normalized spacial score (nSPS) is 11.5. The smallest absolute Gasteiger partial charge is 0.162 e. The molecule has 0 spiro atoms. The average Bonchev–Trinajstić information content (AvgIpc) is 2.60. The lowest BCUT2D eigenvalue weighted by Gasteiger charge is -2.29. The summed E-state index contributed by atoms with van der Waals surface area (Å²) in [4.78, 5) is 0. The third-order valence-electron chi connectivity index (χ3n) is 4.85. The molecule has 0 amide bonds. The maximum absolute atomic E-state index is 10.0. The molecule has 3 heteroatoms. The van der Waals surface area contributed by atoms with Crippen molar-refractivity contribution in [2.24, 2.45) is 0 Å². The lowest BCUT2D eigenvalue weighted by Crippen LogP contribution is -2.25. The van der Waals surface area contributed by atoms with Crippen LogP contribution in [0.4, 0.5) is 0 Å². The summed E-state index contributed by atoms with van der Waals surface area (Å²) >= 11 is 0. The summed E-state index contributed by atoms with van der Waals surface area (Å²) in [6, 6.07) is 10.2. The summed E-state index contributed by atoms with van der Waals surface area (Å²) in [7, 11) is 1.68. The molecule has 3 nitrogen and oxygen atoms in total. The van der Waals surface area contributed by atoms with Gasteiger partial charge < -0.3 is 14.6 Å². The molecule has 2 aromatic carbocycles. The van der Waals surface area contributed by atoms with Gasteiger partial charge in [-0.05, 0) is 87.1 Å². The van der Waals surface area contributed by atoms with Crippen molar-refractivity contribution in [2.45, 2.75) is 65.9 Å². The van der Waals surface area contributed by atoms with Gasteiger partial charge in [0, 0.05) is 0 Å². The molecule has 0 saturated heterocycles. The molecule has 0 saturated carbocycles. The van der Waals surface area contributed by atoms with Crippen LogP contribution in [0, 0.1) is 13.8 Å². The Hall–Kier alpha value is -2.16. The number of rotatable bonds is 8. The molecule has 0 unspecified atom stereocenters. The predicted molar refractivity (Wildman–Crippen MR) is 107 cm³/mol. The molecule has 0 aromatic heterocycles. The molecule has 0 aliphatic carbocycles. The first-order valence-corrected chi connectivity index (χ1v) is 9.45. The van der Waals surface area contributed by atoms with Gasteiger partial charge in [-0.1, -0.05) is 25.8 Å². The number of aryl methyl sites for hydroxylation is 3. The average molecular weight is 357 g/mol. The number of aromatic hydroxyl groups is 1. The number of ether oxygens (including phenoxy) is 2. The number of benzene rings is 2. The van der Waals surface area contributed by atoms with Crippen LogP contribution in [0.1, 0.15) is 62.3 Å². The molecule has 26 heavy (non-hydrogen) atoms. The first-order valence-electron chi connectivity index (χ1n) is 9.45. The Morgan fingerprint density at radius 1 is 0.962 bits per heavy atom. The topological polar surface area (TPSA) is 38.7 Å². The molecule has 0 bridgehead atoms. The van der Waals surface area contributed by atoms with Crippen LogP contribution in [-0.4, -0.2) is 12.2 Å². The maximum Gasteiger partial charge on any atom is 0.162 e. The van der Waals surface area contributed by atoms with Gasteiger partial charge in [0.1, 0.15) is 11.4 Å². The standard InChI is InChI=1S/C23H32O3/c1-7-8-9-10-18-11-12-20(21(15-18)25-6)26-23(4,5)19-13-16(2)22(24)17(3)14-19/h11-15,24H,7-10H2,1-6H3. The number of methoxy groups -OCH3 is 1. The Bertz CT molecular complexity index is 724. The van der Waals surface area contributed by atoms with Gasteiger partial charge in [-0.3, -0.25) is 0 Å². The van der Waals surface area contributed by atoms with Gasteiger partial charge in [-0.15, -0.1) is 0 Å². The van der Waals surface area contributed by atoms with Gasteiger partial charge in [0.05, 0.1) is 7.11 Å². The van der Waals surface area contributed by atoms with Crippen LogP contribution in [0.3, 0.4) is 0 Å². The van der Waals surface area contributed by atoms with Gasteiger partial charge >= 0.3 is 0 Å². The van der Waals surface area contributed by atoms with E-state index in [9.17, 15) is 5.11 Å². The number of phenolic OH excluding ortho intramolecular Hbond substituents is 1. The highest BCUT2D eigenvalue weighted by Crippen LogP contribution is 2.37. The summed E-state index contributed by atoms with van der Waals surface area (Å²) in [5.41, 5.74) is 3.47. The van der Waals surface area contributed by atoms with Crippen LogP contribution in [0.15, 0.2) is 30.3 Å². The molecule has 1 N–H and O–H groups in total. The van der Waals surface area contributed by atoms with E-state index in [2.05, 4.69) is 19.1 Å². The fourth-order valence-corrected chi connectivity index (χ4v) is 3.17. The largest absolute Gasteiger partial charge is 0.507 e. The van der Waals surface area contributed by atoms with Crippen LogP contribution in [0.2, 0.25) is 0 Å². The minimum Gasteiger partial charge on any atom is -0.507 e. The van der Waals surface area contributed by atoms with E-state index in [1.807, 2.05) is 45.9 Å². The molecule has 0 aliphatic rings. The van der Waals surface area contributed by atoms with Crippen molar-refractivity contribution in [1.82, 2.24) is 0 Å². The number of unbranched alkanes of at least 4 members (excludes halogenated alkanes) is 2. The second kappa shape index (κ2) is 8.48. The van der Waals surface area contributed by atoms with Crippen molar-refractivity contribution < 1.29 is 14.6 Å². The van der Waals surface area contributed by atoms with E-state index in [-0.39, 0.29) is 0 Å². The van der Waals surface area contributed by atoms with Gasteiger partial charge in [0.25, 0.3) is 0 Å². The molecular weight excluding hydrogens is 324 g/mol. The van der Waals surface area contributed by atoms with E-state index < -0.39 is 5.60 Å².